The van der Waals surface area contributed by atoms with Gasteiger partial charge in [-0.15, -0.1) is 13.2 Å². The van der Waals surface area contributed by atoms with Crippen molar-refractivity contribution in [2.75, 3.05) is 41.7 Å². The van der Waals surface area contributed by atoms with Crippen molar-refractivity contribution < 1.29 is 52.9 Å². The molecule has 0 radical (unpaired) electrons. The first-order valence-corrected chi connectivity index (χ1v) is 23.6. The van der Waals surface area contributed by atoms with E-state index in [1.165, 1.54) is 0 Å². The third kappa shape index (κ3) is 12.8. The quantitative estimate of drug-likeness (QED) is 0.0211. The Kier molecular flexibility index (Phi) is 19.6. The third-order valence-electron chi connectivity index (χ3n) is 12.4. The van der Waals surface area contributed by atoms with Gasteiger partial charge in [0, 0.05) is 0 Å². The Labute approximate surface area is 412 Å². The molecule has 0 saturated heterocycles. The molecule has 6 aromatic rings. The van der Waals surface area contributed by atoms with E-state index in [1.54, 1.807) is 40.6 Å². The minimum absolute atomic E-state index is 0.00759. The SMILES string of the molecule is C=CCC(OC(c1ccccc1)(c1ccc(OC)cc1)c1ccc(OC)cc1)C(O)CCCOC(=O)OCCCC(O)C(CC=C)OC(c1ccccc1)(c1ccc(OC)cc1)c1ccc(OC)cc1. The standard InChI is InChI=1S/C59H66O11/c1-7-17-55(69-58(43-19-11-9-12-20-43,45-25-33-49(63-3)34-26-45)46-27-35-50(64-4)36-28-46)53(60)23-15-41-67-57(62)68-42-16-24-54(61)56(18-8-2)70-59(44-21-13-10-14-22-44,47-29-37-51(65-5)38-30-47)48-31-39-52(66-6)40-32-48/h7-14,19-22,25-40,53-56,60-61H,1-2,15-18,23-24,41-42H2,3-6H3. The average molecular weight is 951 g/mol. The zero-order chi connectivity index (χ0) is 49.8. The number of carbonyl (C=O) groups is 1. The molecule has 4 atom stereocenters. The van der Waals surface area contributed by atoms with E-state index in [4.69, 9.17) is 37.9 Å². The number of ether oxygens (including phenoxy) is 8. The van der Waals surface area contributed by atoms with Crippen LogP contribution < -0.4 is 18.9 Å². The molecule has 0 heterocycles. The second-order valence-corrected chi connectivity index (χ2v) is 16.7. The lowest BCUT2D eigenvalue weighted by molar-refractivity contribution is -0.104. The molecule has 0 spiro atoms. The highest BCUT2D eigenvalue weighted by Crippen LogP contribution is 2.45. The van der Waals surface area contributed by atoms with E-state index in [9.17, 15) is 15.0 Å². The predicted octanol–water partition coefficient (Wildman–Crippen LogP) is 11.4. The number of benzene rings is 6. The Balaban J connectivity index is 1.08. The predicted molar refractivity (Wildman–Crippen MR) is 272 cm³/mol. The molecule has 11 nitrogen and oxygen atoms in total. The van der Waals surface area contributed by atoms with E-state index in [0.717, 1.165) is 33.4 Å². The summed E-state index contributed by atoms with van der Waals surface area (Å²) in [4.78, 5) is 12.8. The lowest BCUT2D eigenvalue weighted by Crippen LogP contribution is -2.41. The van der Waals surface area contributed by atoms with E-state index < -0.39 is 41.8 Å². The first kappa shape index (κ1) is 52.5. The van der Waals surface area contributed by atoms with Gasteiger partial charge in [-0.3, -0.25) is 0 Å². The number of aliphatic hydroxyl groups excluding tert-OH is 2. The first-order chi connectivity index (χ1) is 34.1. The number of hydrogen-bond donors (Lipinski definition) is 2. The summed E-state index contributed by atoms with van der Waals surface area (Å²) in [7, 11) is 6.48. The minimum Gasteiger partial charge on any atom is -0.497 e. The van der Waals surface area contributed by atoms with Gasteiger partial charge in [0.1, 0.15) is 34.2 Å². The van der Waals surface area contributed by atoms with Crippen molar-refractivity contribution in [2.24, 2.45) is 0 Å². The topological polar surface area (TPSA) is 131 Å². The summed E-state index contributed by atoms with van der Waals surface area (Å²) in [5, 5.41) is 23.5. The lowest BCUT2D eigenvalue weighted by atomic mass is 9.79. The molecular weight excluding hydrogens is 885 g/mol. The van der Waals surface area contributed by atoms with E-state index >= 15 is 0 Å². The van der Waals surface area contributed by atoms with Crippen molar-refractivity contribution >= 4 is 6.16 Å². The molecule has 70 heavy (non-hydrogen) atoms. The molecule has 6 aromatic carbocycles. The van der Waals surface area contributed by atoms with Crippen LogP contribution in [0.5, 0.6) is 23.0 Å². The maximum absolute atomic E-state index is 12.8. The Hall–Kier alpha value is -6.89. The highest BCUT2D eigenvalue weighted by atomic mass is 16.7. The number of rotatable bonds is 28. The molecule has 0 aromatic heterocycles. The largest absolute Gasteiger partial charge is 0.508 e. The Morgan fingerprint density at radius 3 is 0.986 bits per heavy atom. The smallest absolute Gasteiger partial charge is 0.497 e. The van der Waals surface area contributed by atoms with Crippen molar-refractivity contribution in [2.45, 2.75) is 74.1 Å². The van der Waals surface area contributed by atoms with Gasteiger partial charge in [-0.2, -0.15) is 0 Å². The van der Waals surface area contributed by atoms with Gasteiger partial charge in [0.25, 0.3) is 0 Å². The number of carbonyl (C=O) groups excluding carboxylic acids is 1. The normalized spacial score (nSPS) is 13.2. The summed E-state index contributed by atoms with van der Waals surface area (Å²) in [6.45, 7) is 7.98. The first-order valence-electron chi connectivity index (χ1n) is 23.6. The summed E-state index contributed by atoms with van der Waals surface area (Å²) in [6.07, 6.45) is 1.14. The molecule has 0 bridgehead atoms. The number of methoxy groups -OCH3 is 4. The summed E-state index contributed by atoms with van der Waals surface area (Å²) < 4.78 is 47.2. The van der Waals surface area contributed by atoms with Gasteiger partial charge in [0.05, 0.1) is 66.1 Å². The van der Waals surface area contributed by atoms with Crippen LogP contribution in [0.1, 0.15) is 71.9 Å². The fraction of sp³-hybridized carbons (Fsp3) is 0.305. The van der Waals surface area contributed by atoms with Gasteiger partial charge < -0.3 is 48.1 Å². The molecule has 0 amide bonds. The molecule has 0 saturated carbocycles. The fourth-order valence-corrected chi connectivity index (χ4v) is 8.72. The summed E-state index contributed by atoms with van der Waals surface area (Å²) >= 11 is 0. The van der Waals surface area contributed by atoms with Crippen LogP contribution in [0.3, 0.4) is 0 Å². The van der Waals surface area contributed by atoms with Crippen LogP contribution in [-0.2, 0) is 30.1 Å². The zero-order valence-electron chi connectivity index (χ0n) is 40.6. The van der Waals surface area contributed by atoms with Gasteiger partial charge in [-0.25, -0.2) is 4.79 Å². The van der Waals surface area contributed by atoms with Crippen LogP contribution in [0.15, 0.2) is 183 Å². The summed E-state index contributed by atoms with van der Waals surface area (Å²) in [6, 6.07) is 50.5. The van der Waals surface area contributed by atoms with Crippen LogP contribution in [0.25, 0.3) is 0 Å². The van der Waals surface area contributed by atoms with Gasteiger partial charge in [-0.1, -0.05) is 121 Å². The van der Waals surface area contributed by atoms with E-state index in [1.807, 2.05) is 158 Å². The molecule has 368 valence electrons. The second kappa shape index (κ2) is 26.2. The summed E-state index contributed by atoms with van der Waals surface area (Å²) in [5.41, 5.74) is 2.72. The number of hydrogen-bond acceptors (Lipinski definition) is 11. The van der Waals surface area contributed by atoms with E-state index in [0.29, 0.717) is 48.7 Å². The van der Waals surface area contributed by atoms with Crippen molar-refractivity contribution in [1.29, 1.82) is 0 Å². The Morgan fingerprint density at radius 2 is 0.729 bits per heavy atom. The lowest BCUT2D eigenvalue weighted by Gasteiger charge is -2.40. The molecule has 11 heteroatoms. The molecule has 0 aliphatic carbocycles. The maximum atomic E-state index is 12.8. The number of aliphatic hydroxyl groups is 2. The van der Waals surface area contributed by atoms with Crippen LogP contribution in [0.2, 0.25) is 0 Å². The zero-order valence-corrected chi connectivity index (χ0v) is 40.6. The monoisotopic (exact) mass is 950 g/mol. The Morgan fingerprint density at radius 1 is 0.457 bits per heavy atom. The van der Waals surface area contributed by atoms with Crippen molar-refractivity contribution in [3.05, 3.63) is 216 Å². The van der Waals surface area contributed by atoms with Crippen molar-refractivity contribution in [3.8, 4) is 23.0 Å². The van der Waals surface area contributed by atoms with Crippen LogP contribution in [0, 0.1) is 0 Å². The second-order valence-electron chi connectivity index (χ2n) is 16.7. The van der Waals surface area contributed by atoms with Gasteiger partial charge >= 0.3 is 6.16 Å². The molecular formula is C59H66O11. The molecule has 0 aliphatic rings. The third-order valence-corrected chi connectivity index (χ3v) is 12.4. The van der Waals surface area contributed by atoms with Gasteiger partial charge in [0.2, 0.25) is 0 Å². The van der Waals surface area contributed by atoms with Gasteiger partial charge in [-0.05, 0) is 120 Å². The molecule has 4 unspecified atom stereocenters. The summed E-state index contributed by atoms with van der Waals surface area (Å²) in [5.74, 6) is 2.77. The van der Waals surface area contributed by atoms with Crippen molar-refractivity contribution in [1.82, 2.24) is 0 Å². The average Bonchev–Trinajstić information content (AvgIpc) is 3.41. The molecule has 0 fully saturated rings. The van der Waals surface area contributed by atoms with E-state index in [-0.39, 0.29) is 26.1 Å². The van der Waals surface area contributed by atoms with Crippen molar-refractivity contribution in [3.63, 3.8) is 0 Å². The van der Waals surface area contributed by atoms with E-state index in [2.05, 4.69) is 13.2 Å². The van der Waals surface area contributed by atoms with Crippen LogP contribution >= 0.6 is 0 Å². The minimum atomic E-state index is -1.15. The molecule has 2 N–H and O–H groups in total. The van der Waals surface area contributed by atoms with Crippen LogP contribution in [0.4, 0.5) is 4.79 Å². The fourth-order valence-electron chi connectivity index (χ4n) is 8.72. The highest BCUT2D eigenvalue weighted by molar-refractivity contribution is 5.59. The maximum Gasteiger partial charge on any atom is 0.508 e. The van der Waals surface area contributed by atoms with Gasteiger partial charge in [0.15, 0.2) is 0 Å². The van der Waals surface area contributed by atoms with Crippen LogP contribution in [-0.4, -0.2) is 82.4 Å². The molecule has 0 aliphatic heterocycles. The Bertz CT molecular complexity index is 2210. The highest BCUT2D eigenvalue weighted by Gasteiger charge is 2.43. The molecule has 6 rings (SSSR count).